The van der Waals surface area contributed by atoms with Crippen LogP contribution in [0.4, 0.5) is 0 Å². The van der Waals surface area contributed by atoms with Gasteiger partial charge >= 0.3 is 5.97 Å². The summed E-state index contributed by atoms with van der Waals surface area (Å²) in [7, 11) is 0. The second-order valence-electron chi connectivity index (χ2n) is 4.48. The average Bonchev–Trinajstić information content (AvgIpc) is 3.02. The number of hydrogen-bond donors (Lipinski definition) is 2. The number of aliphatic carboxylic acids is 1. The van der Waals surface area contributed by atoms with Crippen molar-refractivity contribution in [1.82, 2.24) is 9.97 Å². The number of carbonyl (C=O) groups is 1. The molecule has 0 aliphatic heterocycles. The zero-order valence-electron chi connectivity index (χ0n) is 9.43. The minimum absolute atomic E-state index is 0.0311. The average molecular weight is 263 g/mol. The van der Waals surface area contributed by atoms with Gasteiger partial charge in [-0.2, -0.15) is 0 Å². The highest BCUT2D eigenvalue weighted by Gasteiger charge is 2.46. The molecule has 0 saturated heterocycles. The number of aromatic nitrogens is 2. The Hall–Kier alpha value is -1.81. The first-order valence-electron chi connectivity index (χ1n) is 5.69. The monoisotopic (exact) mass is 262 g/mol. The molecule has 18 heavy (non-hydrogen) atoms. The Labute approximate surface area is 109 Å². The highest BCUT2D eigenvalue weighted by molar-refractivity contribution is 6.30. The standard InChI is InChI=1S/C13H11ClN2O2/c14-8-3-1-7(2-4-8)11-6-15-12(16-11)9-5-10(9)13(17)18/h1-4,6,9-10H,5H2,(H,15,16)(H,17,18). The van der Waals surface area contributed by atoms with E-state index < -0.39 is 5.97 Å². The maximum atomic E-state index is 10.8. The van der Waals surface area contributed by atoms with E-state index in [0.29, 0.717) is 11.4 Å². The number of carboxylic acid groups (broad SMARTS) is 1. The molecule has 2 atom stereocenters. The van der Waals surface area contributed by atoms with Crippen LogP contribution in [-0.2, 0) is 4.79 Å². The molecule has 0 spiro atoms. The van der Waals surface area contributed by atoms with Crippen molar-refractivity contribution in [3.63, 3.8) is 0 Å². The molecule has 2 N–H and O–H groups in total. The molecule has 1 heterocycles. The van der Waals surface area contributed by atoms with Gasteiger partial charge in [0.05, 0.1) is 17.8 Å². The Morgan fingerprint density at radius 1 is 1.39 bits per heavy atom. The predicted molar refractivity (Wildman–Crippen MR) is 67.5 cm³/mol. The molecule has 1 saturated carbocycles. The van der Waals surface area contributed by atoms with Crippen molar-refractivity contribution in [2.24, 2.45) is 5.92 Å². The highest BCUT2D eigenvalue weighted by Crippen LogP contribution is 2.46. The van der Waals surface area contributed by atoms with E-state index in [2.05, 4.69) is 9.97 Å². The van der Waals surface area contributed by atoms with E-state index in [0.717, 1.165) is 17.1 Å². The molecule has 0 radical (unpaired) electrons. The van der Waals surface area contributed by atoms with E-state index in [1.165, 1.54) is 0 Å². The topological polar surface area (TPSA) is 66.0 Å². The van der Waals surface area contributed by atoms with Gasteiger partial charge in [-0.15, -0.1) is 0 Å². The molecule has 1 fully saturated rings. The van der Waals surface area contributed by atoms with Gasteiger partial charge in [-0.05, 0) is 24.1 Å². The summed E-state index contributed by atoms with van der Waals surface area (Å²) in [5.74, 6) is -0.241. The van der Waals surface area contributed by atoms with E-state index in [9.17, 15) is 4.79 Å². The lowest BCUT2D eigenvalue weighted by atomic mass is 10.2. The fourth-order valence-electron chi connectivity index (χ4n) is 2.07. The van der Waals surface area contributed by atoms with Crippen LogP contribution in [-0.4, -0.2) is 21.0 Å². The van der Waals surface area contributed by atoms with Crippen LogP contribution < -0.4 is 0 Å². The van der Waals surface area contributed by atoms with Gasteiger partial charge in [0.15, 0.2) is 0 Å². The number of nitrogens with one attached hydrogen (secondary N) is 1. The zero-order chi connectivity index (χ0) is 12.7. The van der Waals surface area contributed by atoms with E-state index >= 15 is 0 Å². The molecule has 0 amide bonds. The second-order valence-corrected chi connectivity index (χ2v) is 4.91. The first kappa shape index (κ1) is 11.3. The molecular weight excluding hydrogens is 252 g/mol. The van der Waals surface area contributed by atoms with Gasteiger partial charge in [0.25, 0.3) is 0 Å². The number of halogens is 1. The summed E-state index contributed by atoms with van der Waals surface area (Å²) in [6, 6.07) is 7.44. The van der Waals surface area contributed by atoms with E-state index in [4.69, 9.17) is 16.7 Å². The first-order chi connectivity index (χ1) is 8.65. The van der Waals surface area contributed by atoms with E-state index in [1.54, 1.807) is 6.20 Å². The van der Waals surface area contributed by atoms with Gasteiger partial charge in [-0.1, -0.05) is 23.7 Å². The lowest BCUT2D eigenvalue weighted by molar-refractivity contribution is -0.138. The minimum Gasteiger partial charge on any atom is -0.481 e. The van der Waals surface area contributed by atoms with Crippen molar-refractivity contribution < 1.29 is 9.90 Å². The van der Waals surface area contributed by atoms with E-state index in [1.807, 2.05) is 24.3 Å². The van der Waals surface area contributed by atoms with Gasteiger partial charge in [0.1, 0.15) is 5.82 Å². The number of rotatable bonds is 3. The van der Waals surface area contributed by atoms with Crippen LogP contribution in [0.5, 0.6) is 0 Å². The quantitative estimate of drug-likeness (QED) is 0.894. The molecule has 2 unspecified atom stereocenters. The van der Waals surface area contributed by atoms with Crippen molar-refractivity contribution in [3.05, 3.63) is 41.3 Å². The summed E-state index contributed by atoms with van der Waals surface area (Å²) in [6.45, 7) is 0. The molecule has 5 heteroatoms. The molecule has 1 aliphatic carbocycles. The van der Waals surface area contributed by atoms with Gasteiger partial charge in [-0.3, -0.25) is 4.79 Å². The number of carboxylic acids is 1. The van der Waals surface area contributed by atoms with Crippen LogP contribution in [0.3, 0.4) is 0 Å². The lowest BCUT2D eigenvalue weighted by Gasteiger charge is -1.97. The molecule has 1 aliphatic rings. The van der Waals surface area contributed by atoms with Gasteiger partial charge in [-0.25, -0.2) is 4.98 Å². The van der Waals surface area contributed by atoms with Gasteiger partial charge in [0.2, 0.25) is 0 Å². The van der Waals surface area contributed by atoms with Crippen molar-refractivity contribution in [1.29, 1.82) is 0 Å². The number of H-pyrrole nitrogens is 1. The van der Waals surface area contributed by atoms with Crippen molar-refractivity contribution in [3.8, 4) is 11.3 Å². The molecule has 1 aromatic heterocycles. The molecule has 0 bridgehead atoms. The molecule has 2 aromatic rings. The van der Waals surface area contributed by atoms with Crippen LogP contribution in [0.15, 0.2) is 30.5 Å². The zero-order valence-corrected chi connectivity index (χ0v) is 10.2. The van der Waals surface area contributed by atoms with Gasteiger partial charge in [0, 0.05) is 10.9 Å². The summed E-state index contributed by atoms with van der Waals surface area (Å²) < 4.78 is 0. The molecule has 92 valence electrons. The maximum absolute atomic E-state index is 10.8. The Kier molecular flexibility index (Phi) is 2.59. The molecular formula is C13H11ClN2O2. The third-order valence-electron chi connectivity index (χ3n) is 3.21. The Balaban J connectivity index is 1.82. The third-order valence-corrected chi connectivity index (χ3v) is 3.46. The Morgan fingerprint density at radius 2 is 2.11 bits per heavy atom. The predicted octanol–water partition coefficient (Wildman–Crippen LogP) is 2.92. The van der Waals surface area contributed by atoms with Crippen LogP contribution in [0.2, 0.25) is 5.02 Å². The normalized spacial score (nSPS) is 21.8. The fourth-order valence-corrected chi connectivity index (χ4v) is 2.20. The number of imidazole rings is 1. The SMILES string of the molecule is O=C(O)C1CC1c1ncc(-c2ccc(Cl)cc2)[nH]1. The number of nitrogens with zero attached hydrogens (tertiary/aromatic N) is 1. The second kappa shape index (κ2) is 4.14. The van der Waals surface area contributed by atoms with Crippen LogP contribution in [0.25, 0.3) is 11.3 Å². The highest BCUT2D eigenvalue weighted by atomic mass is 35.5. The van der Waals surface area contributed by atoms with Crippen molar-refractivity contribution >= 4 is 17.6 Å². The smallest absolute Gasteiger partial charge is 0.307 e. The van der Waals surface area contributed by atoms with E-state index in [-0.39, 0.29) is 11.8 Å². The Morgan fingerprint density at radius 3 is 2.72 bits per heavy atom. The minimum atomic E-state index is -0.746. The van der Waals surface area contributed by atoms with Crippen LogP contribution in [0.1, 0.15) is 18.2 Å². The summed E-state index contributed by atoms with van der Waals surface area (Å²) >= 11 is 5.83. The number of benzene rings is 1. The summed E-state index contributed by atoms with van der Waals surface area (Å²) in [5.41, 5.74) is 1.88. The summed E-state index contributed by atoms with van der Waals surface area (Å²) in [4.78, 5) is 18.2. The lowest BCUT2D eigenvalue weighted by Crippen LogP contribution is -1.99. The number of hydrogen-bond acceptors (Lipinski definition) is 2. The molecule has 4 nitrogen and oxygen atoms in total. The van der Waals surface area contributed by atoms with Crippen LogP contribution in [0, 0.1) is 5.92 Å². The number of aromatic amines is 1. The summed E-state index contributed by atoms with van der Waals surface area (Å²) in [5, 5.41) is 9.57. The van der Waals surface area contributed by atoms with Crippen molar-refractivity contribution in [2.45, 2.75) is 12.3 Å². The molecule has 3 rings (SSSR count). The van der Waals surface area contributed by atoms with Gasteiger partial charge < -0.3 is 10.1 Å². The fraction of sp³-hybridized carbons (Fsp3) is 0.231. The van der Waals surface area contributed by atoms with Crippen LogP contribution >= 0.6 is 11.6 Å². The summed E-state index contributed by atoms with van der Waals surface area (Å²) in [6.07, 6.45) is 2.40. The van der Waals surface area contributed by atoms with Crippen molar-refractivity contribution in [2.75, 3.05) is 0 Å². The molecule has 1 aromatic carbocycles. The Bertz CT molecular complexity index is 591. The first-order valence-corrected chi connectivity index (χ1v) is 6.06. The maximum Gasteiger partial charge on any atom is 0.307 e. The largest absolute Gasteiger partial charge is 0.481 e. The third kappa shape index (κ3) is 1.99.